The molecule has 1 N–H and O–H groups in total. The van der Waals surface area contributed by atoms with Gasteiger partial charge in [0.25, 0.3) is 0 Å². The molecule has 2 saturated heterocycles. The lowest BCUT2D eigenvalue weighted by Gasteiger charge is -2.37. The highest BCUT2D eigenvalue weighted by Gasteiger charge is 2.30. The first-order chi connectivity index (χ1) is 8.83. The Labute approximate surface area is 108 Å². The molecule has 3 rings (SSSR count). The summed E-state index contributed by atoms with van der Waals surface area (Å²) in [5.74, 6) is 1.17. The van der Waals surface area contributed by atoms with Gasteiger partial charge in [0.05, 0.1) is 13.2 Å². The Hall–Kier alpha value is -0.650. The predicted molar refractivity (Wildman–Crippen MR) is 68.4 cm³/mol. The van der Waals surface area contributed by atoms with E-state index in [1.54, 1.807) is 0 Å². The molecule has 2 heterocycles. The zero-order chi connectivity index (χ0) is 12.4. The first kappa shape index (κ1) is 12.4. The Morgan fingerprint density at radius 1 is 1.22 bits per heavy atom. The van der Waals surface area contributed by atoms with Gasteiger partial charge in [0, 0.05) is 39.3 Å². The summed E-state index contributed by atoms with van der Waals surface area (Å²) in [5, 5.41) is 3.24. The molecule has 0 aromatic carbocycles. The van der Waals surface area contributed by atoms with Gasteiger partial charge < -0.3 is 15.0 Å². The van der Waals surface area contributed by atoms with Crippen molar-refractivity contribution in [3.8, 4) is 0 Å². The fourth-order valence-electron chi connectivity index (χ4n) is 2.76. The van der Waals surface area contributed by atoms with Crippen LogP contribution >= 0.6 is 0 Å². The molecule has 0 bridgehead atoms. The van der Waals surface area contributed by atoms with Gasteiger partial charge in [0.1, 0.15) is 6.04 Å². The number of amides is 1. The van der Waals surface area contributed by atoms with Gasteiger partial charge in [-0.05, 0) is 18.8 Å². The van der Waals surface area contributed by atoms with Gasteiger partial charge in [-0.25, -0.2) is 0 Å². The van der Waals surface area contributed by atoms with Gasteiger partial charge in [-0.2, -0.15) is 0 Å². The molecule has 1 aliphatic carbocycles. The molecule has 0 aromatic heterocycles. The van der Waals surface area contributed by atoms with E-state index in [-0.39, 0.29) is 11.9 Å². The number of nitrogens with one attached hydrogen (secondary N) is 1. The molecule has 1 amide bonds. The molecule has 0 aromatic rings. The Balaban J connectivity index is 1.44. The largest absolute Gasteiger partial charge is 0.378 e. The van der Waals surface area contributed by atoms with Crippen LogP contribution in [0.2, 0.25) is 0 Å². The third-order valence-electron chi connectivity index (χ3n) is 4.12. The van der Waals surface area contributed by atoms with Crippen molar-refractivity contribution in [2.45, 2.75) is 18.9 Å². The smallest absolute Gasteiger partial charge is 0.242 e. The number of hydrogen-bond acceptors (Lipinski definition) is 4. The molecule has 1 unspecified atom stereocenters. The fraction of sp³-hybridized carbons (Fsp3) is 0.923. The van der Waals surface area contributed by atoms with Crippen molar-refractivity contribution >= 4 is 5.91 Å². The van der Waals surface area contributed by atoms with E-state index in [4.69, 9.17) is 4.74 Å². The van der Waals surface area contributed by atoms with Crippen molar-refractivity contribution in [2.24, 2.45) is 5.92 Å². The minimum Gasteiger partial charge on any atom is -0.378 e. The quantitative estimate of drug-likeness (QED) is 0.738. The van der Waals surface area contributed by atoms with E-state index in [2.05, 4.69) is 10.2 Å². The second kappa shape index (κ2) is 5.55. The van der Waals surface area contributed by atoms with Crippen molar-refractivity contribution in [1.29, 1.82) is 0 Å². The van der Waals surface area contributed by atoms with Gasteiger partial charge in [-0.1, -0.05) is 0 Å². The average molecular weight is 253 g/mol. The standard InChI is InChI=1S/C13H23N3O2/c17-13(12-10-18-8-3-14-12)16-6-4-15(5-7-16)9-11-1-2-11/h11-12,14H,1-10H2. The number of carbonyl (C=O) groups is 1. The van der Waals surface area contributed by atoms with E-state index < -0.39 is 0 Å². The first-order valence-corrected chi connectivity index (χ1v) is 7.15. The highest BCUT2D eigenvalue weighted by molar-refractivity contribution is 5.82. The molecule has 3 fully saturated rings. The number of ether oxygens (including phenoxy) is 1. The predicted octanol–water partition coefficient (Wildman–Crippen LogP) is -0.471. The SMILES string of the molecule is O=C(C1COCCN1)N1CCN(CC2CC2)CC1. The number of carbonyl (C=O) groups excluding carboxylic acids is 1. The zero-order valence-electron chi connectivity index (χ0n) is 10.9. The summed E-state index contributed by atoms with van der Waals surface area (Å²) < 4.78 is 5.36. The Kier molecular flexibility index (Phi) is 3.82. The lowest BCUT2D eigenvalue weighted by atomic mass is 10.2. The minimum atomic E-state index is -0.117. The number of hydrogen-bond donors (Lipinski definition) is 1. The molecule has 5 nitrogen and oxygen atoms in total. The van der Waals surface area contributed by atoms with Crippen LogP contribution in [0.3, 0.4) is 0 Å². The molecule has 3 aliphatic rings. The van der Waals surface area contributed by atoms with Crippen molar-refractivity contribution in [3.63, 3.8) is 0 Å². The van der Waals surface area contributed by atoms with E-state index in [9.17, 15) is 4.79 Å². The number of nitrogens with zero attached hydrogens (tertiary/aromatic N) is 2. The lowest BCUT2D eigenvalue weighted by molar-refractivity contribution is -0.138. The van der Waals surface area contributed by atoms with Crippen molar-refractivity contribution in [2.75, 3.05) is 52.5 Å². The summed E-state index contributed by atoms with van der Waals surface area (Å²) in [5.41, 5.74) is 0. The van der Waals surface area contributed by atoms with Crippen LogP contribution in [0.4, 0.5) is 0 Å². The summed E-state index contributed by atoms with van der Waals surface area (Å²) >= 11 is 0. The van der Waals surface area contributed by atoms with Gasteiger partial charge in [-0.15, -0.1) is 0 Å². The molecular formula is C13H23N3O2. The van der Waals surface area contributed by atoms with Crippen LogP contribution in [-0.4, -0.2) is 74.2 Å². The van der Waals surface area contributed by atoms with Crippen molar-refractivity contribution in [1.82, 2.24) is 15.1 Å². The topological polar surface area (TPSA) is 44.8 Å². The average Bonchev–Trinajstić information content (AvgIpc) is 3.24. The third-order valence-corrected chi connectivity index (χ3v) is 4.12. The summed E-state index contributed by atoms with van der Waals surface area (Å²) in [4.78, 5) is 16.8. The van der Waals surface area contributed by atoms with Crippen LogP contribution in [0.15, 0.2) is 0 Å². The first-order valence-electron chi connectivity index (χ1n) is 7.15. The van der Waals surface area contributed by atoms with Crippen LogP contribution < -0.4 is 5.32 Å². The third kappa shape index (κ3) is 3.02. The number of morpholine rings is 1. The van der Waals surface area contributed by atoms with Gasteiger partial charge in [-0.3, -0.25) is 9.69 Å². The molecular weight excluding hydrogens is 230 g/mol. The maximum Gasteiger partial charge on any atom is 0.242 e. The van der Waals surface area contributed by atoms with Crippen LogP contribution in [-0.2, 0) is 9.53 Å². The summed E-state index contributed by atoms with van der Waals surface area (Å²) in [6.07, 6.45) is 2.81. The van der Waals surface area contributed by atoms with Crippen LogP contribution in [0, 0.1) is 5.92 Å². The molecule has 2 aliphatic heterocycles. The Morgan fingerprint density at radius 2 is 2.00 bits per heavy atom. The van der Waals surface area contributed by atoms with Gasteiger partial charge in [0.15, 0.2) is 0 Å². The van der Waals surface area contributed by atoms with Gasteiger partial charge >= 0.3 is 0 Å². The number of piperazine rings is 1. The molecule has 5 heteroatoms. The normalized spacial score (nSPS) is 30.4. The molecule has 1 saturated carbocycles. The highest BCUT2D eigenvalue weighted by Crippen LogP contribution is 2.29. The second-order valence-corrected chi connectivity index (χ2v) is 5.65. The van der Waals surface area contributed by atoms with Crippen molar-refractivity contribution in [3.05, 3.63) is 0 Å². The van der Waals surface area contributed by atoms with Crippen LogP contribution in [0.1, 0.15) is 12.8 Å². The van der Waals surface area contributed by atoms with E-state index in [1.807, 2.05) is 4.90 Å². The van der Waals surface area contributed by atoms with Crippen LogP contribution in [0.5, 0.6) is 0 Å². The van der Waals surface area contributed by atoms with E-state index in [0.29, 0.717) is 6.61 Å². The Bertz CT molecular complexity index is 293. The summed E-state index contributed by atoms with van der Waals surface area (Å²) in [7, 11) is 0. The maximum absolute atomic E-state index is 12.3. The fourth-order valence-corrected chi connectivity index (χ4v) is 2.76. The Morgan fingerprint density at radius 3 is 2.61 bits per heavy atom. The molecule has 0 spiro atoms. The highest BCUT2D eigenvalue weighted by atomic mass is 16.5. The second-order valence-electron chi connectivity index (χ2n) is 5.65. The lowest BCUT2D eigenvalue weighted by Crippen LogP contribution is -2.57. The molecule has 102 valence electrons. The number of rotatable bonds is 3. The van der Waals surface area contributed by atoms with E-state index >= 15 is 0 Å². The molecule has 1 atom stereocenters. The monoisotopic (exact) mass is 253 g/mol. The zero-order valence-corrected chi connectivity index (χ0v) is 10.9. The maximum atomic E-state index is 12.3. The van der Waals surface area contributed by atoms with Crippen molar-refractivity contribution < 1.29 is 9.53 Å². The minimum absolute atomic E-state index is 0.117. The molecule has 0 radical (unpaired) electrons. The summed E-state index contributed by atoms with van der Waals surface area (Å²) in [6.45, 7) is 7.12. The van der Waals surface area contributed by atoms with Gasteiger partial charge in [0.2, 0.25) is 5.91 Å². The summed E-state index contributed by atoms with van der Waals surface area (Å²) in [6, 6.07) is -0.117. The molecule has 18 heavy (non-hydrogen) atoms. The van der Waals surface area contributed by atoms with Crippen LogP contribution in [0.25, 0.3) is 0 Å². The van der Waals surface area contributed by atoms with E-state index in [1.165, 1.54) is 19.4 Å². The van der Waals surface area contributed by atoms with E-state index in [0.717, 1.165) is 45.2 Å².